The summed E-state index contributed by atoms with van der Waals surface area (Å²) < 4.78 is 5.09. The summed E-state index contributed by atoms with van der Waals surface area (Å²) in [5, 5.41) is 0.628. The number of carbonyl (C=O) groups excluding carboxylic acids is 1. The zero-order valence-corrected chi connectivity index (χ0v) is 6.64. The van der Waals surface area contributed by atoms with Crippen molar-refractivity contribution < 1.29 is 9.53 Å². The lowest BCUT2D eigenvalue weighted by molar-refractivity contribution is -0.119. The first-order valence-electron chi connectivity index (χ1n) is 2.71. The van der Waals surface area contributed by atoms with E-state index in [2.05, 4.69) is 15.9 Å². The van der Waals surface area contributed by atoms with Gasteiger partial charge >= 0.3 is 0 Å². The Morgan fingerprint density at radius 3 is 2.78 bits per heavy atom. The summed E-state index contributed by atoms with van der Waals surface area (Å²) in [7, 11) is 0. The molecule has 0 fully saturated rings. The van der Waals surface area contributed by atoms with Gasteiger partial charge in [-0.15, -0.1) is 0 Å². The molecule has 0 saturated carbocycles. The number of rotatable bonds is 1. The number of hydrogen-bond acceptors (Lipinski definition) is 2. The molecule has 0 N–H and O–H groups in total. The molecule has 0 spiro atoms. The van der Waals surface area contributed by atoms with E-state index in [9.17, 15) is 4.79 Å². The third-order valence-electron chi connectivity index (χ3n) is 1.16. The van der Waals surface area contributed by atoms with E-state index in [1.807, 2.05) is 0 Å². The number of halogens is 1. The number of carbonyl (C=O) groups is 1. The molecule has 1 rings (SSSR count). The molecule has 1 heterocycles. The van der Waals surface area contributed by atoms with Gasteiger partial charge in [0.25, 0.3) is 0 Å². The minimum atomic E-state index is -0.266. The van der Waals surface area contributed by atoms with Gasteiger partial charge in [0.15, 0.2) is 11.9 Å². The largest absolute Gasteiger partial charge is 0.486 e. The van der Waals surface area contributed by atoms with Gasteiger partial charge in [-0.25, -0.2) is 0 Å². The van der Waals surface area contributed by atoms with Gasteiger partial charge < -0.3 is 4.74 Å². The zero-order chi connectivity index (χ0) is 6.85. The van der Waals surface area contributed by atoms with Gasteiger partial charge in [0.2, 0.25) is 0 Å². The molecule has 0 aromatic heterocycles. The molecule has 0 bridgehead atoms. The van der Waals surface area contributed by atoms with Crippen molar-refractivity contribution in [2.24, 2.45) is 0 Å². The predicted octanol–water partition coefficient (Wildman–Crippen LogP) is 1.25. The van der Waals surface area contributed by atoms with E-state index in [1.165, 1.54) is 6.08 Å². The second kappa shape index (κ2) is 2.52. The average molecular weight is 191 g/mol. The molecule has 0 aromatic carbocycles. The smallest absolute Gasteiger partial charge is 0.199 e. The fraction of sp³-hybridized carbons (Fsp3) is 0.500. The second-order valence-electron chi connectivity index (χ2n) is 1.91. The number of alkyl halides is 1. The van der Waals surface area contributed by atoms with Crippen LogP contribution in [0.4, 0.5) is 0 Å². The quantitative estimate of drug-likeness (QED) is 0.583. The van der Waals surface area contributed by atoms with Gasteiger partial charge in [-0.05, 0) is 6.92 Å². The van der Waals surface area contributed by atoms with Gasteiger partial charge in [-0.1, -0.05) is 15.9 Å². The van der Waals surface area contributed by atoms with E-state index in [0.717, 1.165) is 5.76 Å². The Kier molecular flexibility index (Phi) is 1.90. The van der Waals surface area contributed by atoms with Crippen molar-refractivity contribution in [1.29, 1.82) is 0 Å². The molecule has 2 nitrogen and oxygen atoms in total. The summed E-state index contributed by atoms with van der Waals surface area (Å²) in [5.74, 6) is 0.789. The van der Waals surface area contributed by atoms with Crippen LogP contribution < -0.4 is 0 Å². The van der Waals surface area contributed by atoms with Crippen LogP contribution in [0.3, 0.4) is 0 Å². The normalized spacial score (nSPS) is 25.8. The summed E-state index contributed by atoms with van der Waals surface area (Å²) in [4.78, 5) is 10.7. The van der Waals surface area contributed by atoms with Crippen LogP contribution >= 0.6 is 15.9 Å². The van der Waals surface area contributed by atoms with Crippen molar-refractivity contribution in [2.45, 2.75) is 13.0 Å². The number of allylic oxidation sites excluding steroid dienone is 1. The Hall–Kier alpha value is -0.310. The molecular formula is C6H7BrO2. The first-order chi connectivity index (χ1) is 4.24. The van der Waals surface area contributed by atoms with Crippen LogP contribution in [0.1, 0.15) is 6.92 Å². The molecule has 0 amide bonds. The van der Waals surface area contributed by atoms with Crippen molar-refractivity contribution in [3.63, 3.8) is 0 Å². The SMILES string of the molecule is CC1OC(CBr)=CC1=O. The van der Waals surface area contributed by atoms with E-state index in [1.54, 1.807) is 6.92 Å². The maximum atomic E-state index is 10.7. The monoisotopic (exact) mass is 190 g/mol. The average Bonchev–Trinajstić information content (AvgIpc) is 2.13. The Morgan fingerprint density at radius 2 is 2.56 bits per heavy atom. The Balaban J connectivity index is 2.62. The lowest BCUT2D eigenvalue weighted by Crippen LogP contribution is -2.10. The Labute approximate surface area is 62.0 Å². The van der Waals surface area contributed by atoms with Gasteiger partial charge in [-0.3, -0.25) is 4.79 Å². The first kappa shape index (κ1) is 6.81. The number of ketones is 1. The maximum Gasteiger partial charge on any atom is 0.199 e. The summed E-state index contributed by atoms with van der Waals surface area (Å²) in [6, 6.07) is 0. The van der Waals surface area contributed by atoms with Crippen molar-refractivity contribution >= 4 is 21.7 Å². The van der Waals surface area contributed by atoms with Crippen LogP contribution in [0.15, 0.2) is 11.8 Å². The minimum absolute atomic E-state index is 0.0597. The van der Waals surface area contributed by atoms with E-state index >= 15 is 0 Å². The zero-order valence-electron chi connectivity index (χ0n) is 5.06. The van der Waals surface area contributed by atoms with Gasteiger partial charge in [-0.2, -0.15) is 0 Å². The molecule has 0 saturated heterocycles. The fourth-order valence-corrected chi connectivity index (χ4v) is 0.959. The molecule has 0 radical (unpaired) electrons. The van der Waals surface area contributed by atoms with Crippen molar-refractivity contribution in [1.82, 2.24) is 0 Å². The molecule has 9 heavy (non-hydrogen) atoms. The van der Waals surface area contributed by atoms with Crippen LogP contribution in [0, 0.1) is 0 Å². The Morgan fingerprint density at radius 1 is 1.89 bits per heavy atom. The highest BCUT2D eigenvalue weighted by Gasteiger charge is 2.20. The topological polar surface area (TPSA) is 26.3 Å². The van der Waals surface area contributed by atoms with Crippen molar-refractivity contribution in [3.8, 4) is 0 Å². The summed E-state index contributed by atoms with van der Waals surface area (Å²) in [6.45, 7) is 1.74. The van der Waals surface area contributed by atoms with Crippen LogP contribution in [0.2, 0.25) is 0 Å². The summed E-state index contributed by atoms with van der Waals surface area (Å²) in [5.41, 5.74) is 0. The second-order valence-corrected chi connectivity index (χ2v) is 2.47. The summed E-state index contributed by atoms with van der Waals surface area (Å²) in [6.07, 6.45) is 1.26. The highest BCUT2D eigenvalue weighted by molar-refractivity contribution is 9.09. The molecule has 1 aliphatic heterocycles. The molecule has 50 valence electrons. The maximum absolute atomic E-state index is 10.7. The molecule has 1 unspecified atom stereocenters. The molecule has 1 aliphatic rings. The van der Waals surface area contributed by atoms with E-state index in [-0.39, 0.29) is 11.9 Å². The van der Waals surface area contributed by atoms with Crippen LogP contribution in [0.5, 0.6) is 0 Å². The van der Waals surface area contributed by atoms with Crippen LogP contribution in [-0.4, -0.2) is 17.2 Å². The lowest BCUT2D eigenvalue weighted by Gasteiger charge is -2.02. The van der Waals surface area contributed by atoms with E-state index in [0.29, 0.717) is 5.33 Å². The third-order valence-corrected chi connectivity index (χ3v) is 1.72. The predicted molar refractivity (Wildman–Crippen MR) is 37.4 cm³/mol. The van der Waals surface area contributed by atoms with Gasteiger partial charge in [0.1, 0.15) is 5.76 Å². The van der Waals surface area contributed by atoms with Crippen LogP contribution in [-0.2, 0) is 9.53 Å². The highest BCUT2D eigenvalue weighted by Crippen LogP contribution is 2.14. The highest BCUT2D eigenvalue weighted by atomic mass is 79.9. The first-order valence-corrected chi connectivity index (χ1v) is 3.83. The van der Waals surface area contributed by atoms with Gasteiger partial charge in [0.05, 0.1) is 5.33 Å². The fourth-order valence-electron chi connectivity index (χ4n) is 0.665. The molecule has 3 heteroatoms. The molecule has 0 aliphatic carbocycles. The minimum Gasteiger partial charge on any atom is -0.486 e. The molecule has 0 aromatic rings. The van der Waals surface area contributed by atoms with Crippen molar-refractivity contribution in [2.75, 3.05) is 5.33 Å². The Bertz CT molecular complexity index is 162. The van der Waals surface area contributed by atoms with Gasteiger partial charge in [0, 0.05) is 6.08 Å². The number of hydrogen-bond donors (Lipinski definition) is 0. The third kappa shape index (κ3) is 1.33. The van der Waals surface area contributed by atoms with Crippen molar-refractivity contribution in [3.05, 3.63) is 11.8 Å². The molecular weight excluding hydrogens is 184 g/mol. The summed E-state index contributed by atoms with van der Waals surface area (Å²) >= 11 is 3.19. The number of ether oxygens (including phenoxy) is 1. The van der Waals surface area contributed by atoms with Crippen LogP contribution in [0.25, 0.3) is 0 Å². The standard InChI is InChI=1S/C6H7BrO2/c1-4-6(8)2-5(3-7)9-4/h2,4H,3H2,1H3. The van der Waals surface area contributed by atoms with E-state index < -0.39 is 0 Å². The lowest BCUT2D eigenvalue weighted by atomic mass is 10.3. The molecule has 1 atom stereocenters. The van der Waals surface area contributed by atoms with E-state index in [4.69, 9.17) is 4.74 Å².